The van der Waals surface area contributed by atoms with Crippen LogP contribution >= 0.6 is 0 Å². The minimum absolute atomic E-state index is 0.380. The van der Waals surface area contributed by atoms with Gasteiger partial charge < -0.3 is 4.90 Å². The molecule has 0 saturated carbocycles. The summed E-state index contributed by atoms with van der Waals surface area (Å²) < 4.78 is 0. The van der Waals surface area contributed by atoms with E-state index >= 15 is 0 Å². The highest BCUT2D eigenvalue weighted by Crippen LogP contribution is 2.15. The first kappa shape index (κ1) is 9.55. The van der Waals surface area contributed by atoms with Crippen molar-refractivity contribution in [2.75, 3.05) is 28.2 Å². The van der Waals surface area contributed by atoms with Crippen LogP contribution in [0.2, 0.25) is 0 Å². The van der Waals surface area contributed by atoms with Gasteiger partial charge in [-0.1, -0.05) is 6.08 Å². The Morgan fingerprint density at radius 1 is 1.25 bits per heavy atom. The number of rotatable bonds is 1. The second kappa shape index (κ2) is 3.46. The molecule has 0 amide bonds. The quantitative estimate of drug-likeness (QED) is 0.569. The Balaban J connectivity index is 2.77. The molecule has 2 unspecified atom stereocenters. The van der Waals surface area contributed by atoms with Crippen molar-refractivity contribution in [3.05, 3.63) is 12.3 Å². The standard InChI is InChI=1S/C9H19N3/c1-8-6-7-11(4)9(10(2)3)12(8)5/h6-9H,1-5H3. The molecular weight excluding hydrogens is 150 g/mol. The van der Waals surface area contributed by atoms with E-state index in [9.17, 15) is 0 Å². The van der Waals surface area contributed by atoms with E-state index in [2.05, 4.69) is 62.1 Å². The van der Waals surface area contributed by atoms with Gasteiger partial charge in [-0.25, -0.2) is 0 Å². The lowest BCUT2D eigenvalue weighted by molar-refractivity contribution is -0.0177. The molecule has 12 heavy (non-hydrogen) atoms. The summed E-state index contributed by atoms with van der Waals surface area (Å²) in [7, 11) is 8.45. The molecule has 0 bridgehead atoms. The molecule has 3 heteroatoms. The number of hydrogen-bond acceptors (Lipinski definition) is 3. The maximum atomic E-state index is 2.33. The van der Waals surface area contributed by atoms with E-state index < -0.39 is 0 Å². The third kappa shape index (κ3) is 1.62. The lowest BCUT2D eigenvalue weighted by Gasteiger charge is -2.44. The van der Waals surface area contributed by atoms with Gasteiger partial charge in [-0.2, -0.15) is 0 Å². The second-order valence-electron chi connectivity index (χ2n) is 3.72. The first-order valence-electron chi connectivity index (χ1n) is 4.32. The molecule has 0 spiro atoms. The van der Waals surface area contributed by atoms with Crippen molar-refractivity contribution in [1.82, 2.24) is 14.7 Å². The lowest BCUT2D eigenvalue weighted by atomic mass is 10.2. The van der Waals surface area contributed by atoms with Crippen LogP contribution in [0.3, 0.4) is 0 Å². The molecule has 0 aromatic rings. The van der Waals surface area contributed by atoms with Gasteiger partial charge in [-0.15, -0.1) is 0 Å². The van der Waals surface area contributed by atoms with E-state index in [-0.39, 0.29) is 0 Å². The predicted molar refractivity (Wildman–Crippen MR) is 51.6 cm³/mol. The summed E-state index contributed by atoms with van der Waals surface area (Å²) >= 11 is 0. The van der Waals surface area contributed by atoms with Crippen molar-refractivity contribution in [2.45, 2.75) is 19.3 Å². The number of hydrogen-bond donors (Lipinski definition) is 0. The second-order valence-corrected chi connectivity index (χ2v) is 3.72. The molecule has 70 valence electrons. The molecule has 1 aliphatic rings. The summed E-state index contributed by atoms with van der Waals surface area (Å²) in [6.45, 7) is 2.21. The zero-order valence-corrected chi connectivity index (χ0v) is 8.65. The van der Waals surface area contributed by atoms with Gasteiger partial charge >= 0.3 is 0 Å². The van der Waals surface area contributed by atoms with E-state index in [0.717, 1.165) is 0 Å². The predicted octanol–water partition coefficient (Wildman–Crippen LogP) is 0.611. The van der Waals surface area contributed by atoms with E-state index in [1.54, 1.807) is 0 Å². The van der Waals surface area contributed by atoms with Crippen LogP contribution in [0, 0.1) is 0 Å². The van der Waals surface area contributed by atoms with Crippen molar-refractivity contribution in [1.29, 1.82) is 0 Å². The fraction of sp³-hybridized carbons (Fsp3) is 0.778. The van der Waals surface area contributed by atoms with Crippen LogP contribution in [0.25, 0.3) is 0 Å². The summed E-state index contributed by atoms with van der Waals surface area (Å²) in [5.41, 5.74) is 0. The van der Waals surface area contributed by atoms with E-state index in [1.807, 2.05) is 0 Å². The van der Waals surface area contributed by atoms with Crippen LogP contribution in [-0.2, 0) is 0 Å². The van der Waals surface area contributed by atoms with Crippen molar-refractivity contribution >= 4 is 0 Å². The summed E-state index contributed by atoms with van der Waals surface area (Å²) in [5, 5.41) is 0. The highest BCUT2D eigenvalue weighted by molar-refractivity contribution is 4.97. The van der Waals surface area contributed by atoms with E-state index in [0.29, 0.717) is 12.3 Å². The van der Waals surface area contributed by atoms with Gasteiger partial charge in [0.1, 0.15) is 6.29 Å². The zero-order valence-electron chi connectivity index (χ0n) is 8.65. The van der Waals surface area contributed by atoms with Gasteiger partial charge in [0, 0.05) is 13.1 Å². The fourth-order valence-electron chi connectivity index (χ4n) is 1.70. The molecule has 0 aromatic carbocycles. The molecule has 0 aromatic heterocycles. The van der Waals surface area contributed by atoms with Crippen molar-refractivity contribution in [3.8, 4) is 0 Å². The fourth-order valence-corrected chi connectivity index (χ4v) is 1.70. The Morgan fingerprint density at radius 3 is 2.25 bits per heavy atom. The van der Waals surface area contributed by atoms with Crippen LogP contribution in [0.4, 0.5) is 0 Å². The number of likely N-dealkylation sites (N-methyl/N-ethyl adjacent to an activating group) is 1. The minimum atomic E-state index is 0.380. The molecule has 0 radical (unpaired) electrons. The summed E-state index contributed by atoms with van der Waals surface area (Å²) in [5.74, 6) is 0. The van der Waals surface area contributed by atoms with E-state index in [1.165, 1.54) is 0 Å². The smallest absolute Gasteiger partial charge is 0.139 e. The summed E-state index contributed by atoms with van der Waals surface area (Å²) in [6.07, 6.45) is 4.74. The molecule has 3 nitrogen and oxygen atoms in total. The third-order valence-corrected chi connectivity index (χ3v) is 2.43. The highest BCUT2D eigenvalue weighted by Gasteiger charge is 2.25. The van der Waals surface area contributed by atoms with Crippen molar-refractivity contribution in [3.63, 3.8) is 0 Å². The first-order valence-corrected chi connectivity index (χ1v) is 4.32. The van der Waals surface area contributed by atoms with Crippen LogP contribution in [0.15, 0.2) is 12.3 Å². The minimum Gasteiger partial charge on any atom is -0.353 e. The lowest BCUT2D eigenvalue weighted by Crippen LogP contribution is -2.56. The van der Waals surface area contributed by atoms with Gasteiger partial charge in [0.2, 0.25) is 0 Å². The van der Waals surface area contributed by atoms with Gasteiger partial charge in [0.25, 0.3) is 0 Å². The normalized spacial score (nSPS) is 31.7. The van der Waals surface area contributed by atoms with Crippen LogP contribution in [-0.4, -0.2) is 55.2 Å². The molecular formula is C9H19N3. The van der Waals surface area contributed by atoms with Crippen LogP contribution < -0.4 is 0 Å². The van der Waals surface area contributed by atoms with Crippen LogP contribution in [0.5, 0.6) is 0 Å². The van der Waals surface area contributed by atoms with Gasteiger partial charge in [-0.05, 0) is 34.3 Å². The summed E-state index contributed by atoms with van der Waals surface area (Å²) in [6, 6.07) is 0.522. The molecule has 0 saturated heterocycles. The highest BCUT2D eigenvalue weighted by atomic mass is 15.5. The van der Waals surface area contributed by atoms with Crippen LogP contribution in [0.1, 0.15) is 6.92 Å². The van der Waals surface area contributed by atoms with E-state index in [4.69, 9.17) is 0 Å². The number of nitrogens with zero attached hydrogens (tertiary/aromatic N) is 3. The average Bonchev–Trinajstić information content (AvgIpc) is 1.97. The molecule has 1 aliphatic heterocycles. The van der Waals surface area contributed by atoms with Gasteiger partial charge in [0.05, 0.1) is 0 Å². The van der Waals surface area contributed by atoms with Gasteiger partial charge in [-0.3, -0.25) is 9.80 Å². The molecule has 1 heterocycles. The Labute approximate surface area is 75.2 Å². The van der Waals surface area contributed by atoms with Crippen molar-refractivity contribution < 1.29 is 0 Å². The first-order chi connectivity index (χ1) is 5.54. The SMILES string of the molecule is CC1C=CN(C)C(N(C)C)N1C. The Hall–Kier alpha value is -0.540. The average molecular weight is 169 g/mol. The Morgan fingerprint density at radius 2 is 1.83 bits per heavy atom. The monoisotopic (exact) mass is 169 g/mol. The largest absolute Gasteiger partial charge is 0.353 e. The molecule has 2 atom stereocenters. The summed E-state index contributed by atoms with van der Waals surface area (Å²) in [4.78, 5) is 6.75. The maximum Gasteiger partial charge on any atom is 0.139 e. The van der Waals surface area contributed by atoms with Gasteiger partial charge in [0.15, 0.2) is 0 Å². The topological polar surface area (TPSA) is 9.72 Å². The molecule has 0 aliphatic carbocycles. The van der Waals surface area contributed by atoms with Crippen molar-refractivity contribution in [2.24, 2.45) is 0 Å². The Kier molecular flexibility index (Phi) is 2.75. The third-order valence-electron chi connectivity index (χ3n) is 2.43. The molecule has 1 rings (SSSR count). The molecule has 0 N–H and O–H groups in total. The zero-order chi connectivity index (χ0) is 9.30. The maximum absolute atomic E-state index is 2.33. The molecule has 0 fully saturated rings. The Bertz CT molecular complexity index is 177.